The predicted octanol–water partition coefficient (Wildman–Crippen LogP) is 0.904. The van der Waals surface area contributed by atoms with Crippen LogP contribution in [0, 0.1) is 0 Å². The number of aryl methyl sites for hydroxylation is 1. The van der Waals surface area contributed by atoms with Crippen LogP contribution in [0.5, 0.6) is 0 Å². The van der Waals surface area contributed by atoms with Gasteiger partial charge >= 0.3 is 0 Å². The number of carbonyl (C=O) groups excluding carboxylic acids is 1. The van der Waals surface area contributed by atoms with E-state index in [1.165, 1.54) is 0 Å². The second-order valence-corrected chi connectivity index (χ2v) is 6.57. The molecule has 0 radical (unpaired) electrons. The Morgan fingerprint density at radius 1 is 1.32 bits per heavy atom. The topological polar surface area (TPSA) is 82.5 Å². The fraction of sp³-hybridized carbons (Fsp3) is 0.444. The van der Waals surface area contributed by atoms with Crippen molar-refractivity contribution in [1.29, 1.82) is 0 Å². The van der Waals surface area contributed by atoms with E-state index < -0.39 is 5.60 Å². The van der Waals surface area contributed by atoms with Crippen molar-refractivity contribution in [3.05, 3.63) is 48.7 Å². The first-order chi connectivity index (χ1) is 12.1. The number of carbonyl (C=O) groups is 1. The first-order valence-corrected chi connectivity index (χ1v) is 8.42. The molecule has 7 nitrogen and oxygen atoms in total. The standard InChI is InChI=1S/C18H23N5O2/c1-22(17(24)5-4-15-3-2-7-19-11-15)13-18(25)6-10-23(14-18)16-12-20-8-9-21-16/h2-3,7-9,11-12,25H,4-6,10,13-14H2,1H3. The van der Waals surface area contributed by atoms with Gasteiger partial charge in [-0.25, -0.2) is 4.98 Å². The maximum atomic E-state index is 12.4. The zero-order valence-corrected chi connectivity index (χ0v) is 14.4. The van der Waals surface area contributed by atoms with Crippen molar-refractivity contribution < 1.29 is 9.90 Å². The van der Waals surface area contributed by atoms with Crippen LogP contribution in [0.2, 0.25) is 0 Å². The number of aromatic nitrogens is 3. The molecule has 3 rings (SSSR count). The van der Waals surface area contributed by atoms with E-state index in [2.05, 4.69) is 15.0 Å². The number of hydrogen-bond donors (Lipinski definition) is 1. The number of likely N-dealkylation sites (N-methyl/N-ethyl adjacent to an activating group) is 1. The van der Waals surface area contributed by atoms with E-state index in [1.54, 1.807) is 42.9 Å². The Balaban J connectivity index is 1.51. The summed E-state index contributed by atoms with van der Waals surface area (Å²) in [6.07, 6.45) is 10.1. The number of nitrogens with zero attached hydrogens (tertiary/aromatic N) is 5. The molecular weight excluding hydrogens is 318 g/mol. The molecular formula is C18H23N5O2. The minimum atomic E-state index is -0.920. The third-order valence-electron chi connectivity index (χ3n) is 4.51. The number of β-amino-alcohol motifs (C(OH)–C–C–N with tert-alkyl or cyclic N) is 1. The van der Waals surface area contributed by atoms with Gasteiger partial charge in [0.1, 0.15) is 11.4 Å². The lowest BCUT2D eigenvalue weighted by Gasteiger charge is -2.29. The Kier molecular flexibility index (Phi) is 5.23. The van der Waals surface area contributed by atoms with Crippen molar-refractivity contribution in [2.45, 2.75) is 24.9 Å². The molecule has 1 aliphatic heterocycles. The number of anilines is 1. The smallest absolute Gasteiger partial charge is 0.222 e. The van der Waals surface area contributed by atoms with Gasteiger partial charge in [-0.3, -0.25) is 14.8 Å². The van der Waals surface area contributed by atoms with Crippen molar-refractivity contribution in [2.75, 3.05) is 31.6 Å². The molecule has 0 saturated carbocycles. The minimum Gasteiger partial charge on any atom is -0.386 e. The Morgan fingerprint density at radius 3 is 2.88 bits per heavy atom. The molecule has 1 amide bonds. The summed E-state index contributed by atoms with van der Waals surface area (Å²) in [7, 11) is 1.74. The van der Waals surface area contributed by atoms with Crippen LogP contribution >= 0.6 is 0 Å². The second-order valence-electron chi connectivity index (χ2n) is 6.57. The molecule has 1 saturated heterocycles. The normalized spacial score (nSPS) is 19.8. The maximum absolute atomic E-state index is 12.4. The molecule has 2 aromatic heterocycles. The minimum absolute atomic E-state index is 0.0234. The van der Waals surface area contributed by atoms with Gasteiger partial charge in [0.05, 0.1) is 12.7 Å². The van der Waals surface area contributed by atoms with Crippen LogP contribution in [0.25, 0.3) is 0 Å². The van der Waals surface area contributed by atoms with Gasteiger partial charge in [0.2, 0.25) is 5.91 Å². The summed E-state index contributed by atoms with van der Waals surface area (Å²) < 4.78 is 0. The fourth-order valence-corrected chi connectivity index (χ4v) is 3.15. The molecule has 1 atom stereocenters. The van der Waals surface area contributed by atoms with Crippen molar-refractivity contribution in [2.24, 2.45) is 0 Å². The van der Waals surface area contributed by atoms with Crippen LogP contribution in [0.3, 0.4) is 0 Å². The van der Waals surface area contributed by atoms with Gasteiger partial charge in [-0.2, -0.15) is 0 Å². The van der Waals surface area contributed by atoms with Crippen LogP contribution in [0.15, 0.2) is 43.1 Å². The molecule has 1 fully saturated rings. The van der Waals surface area contributed by atoms with E-state index in [0.717, 1.165) is 11.4 Å². The second kappa shape index (κ2) is 7.57. The maximum Gasteiger partial charge on any atom is 0.222 e. The Hall–Kier alpha value is -2.54. The first-order valence-electron chi connectivity index (χ1n) is 8.42. The quantitative estimate of drug-likeness (QED) is 0.841. The molecule has 0 aromatic carbocycles. The van der Waals surface area contributed by atoms with Crippen molar-refractivity contribution >= 4 is 11.7 Å². The highest BCUT2D eigenvalue weighted by Gasteiger charge is 2.38. The van der Waals surface area contributed by atoms with Crippen LogP contribution < -0.4 is 4.90 Å². The van der Waals surface area contributed by atoms with Crippen LogP contribution in [-0.2, 0) is 11.2 Å². The van der Waals surface area contributed by atoms with Crippen molar-refractivity contribution in [1.82, 2.24) is 19.9 Å². The lowest BCUT2D eigenvalue weighted by Crippen LogP contribution is -2.46. The van der Waals surface area contributed by atoms with Crippen molar-refractivity contribution in [3.63, 3.8) is 0 Å². The van der Waals surface area contributed by atoms with Crippen LogP contribution in [0.4, 0.5) is 5.82 Å². The molecule has 25 heavy (non-hydrogen) atoms. The van der Waals surface area contributed by atoms with Crippen molar-refractivity contribution in [3.8, 4) is 0 Å². The highest BCUT2D eigenvalue weighted by atomic mass is 16.3. The van der Waals surface area contributed by atoms with Gasteiger partial charge in [-0.15, -0.1) is 0 Å². The van der Waals surface area contributed by atoms with E-state index in [4.69, 9.17) is 0 Å². The van der Waals surface area contributed by atoms with Crippen LogP contribution in [-0.4, -0.2) is 63.1 Å². The predicted molar refractivity (Wildman–Crippen MR) is 94.0 cm³/mol. The van der Waals surface area contributed by atoms with E-state index >= 15 is 0 Å². The number of hydrogen-bond acceptors (Lipinski definition) is 6. The molecule has 7 heteroatoms. The number of rotatable bonds is 6. The summed E-state index contributed by atoms with van der Waals surface area (Å²) in [5, 5.41) is 10.8. The number of amides is 1. The molecule has 1 N–H and O–H groups in total. The lowest BCUT2D eigenvalue weighted by atomic mass is 10.0. The monoisotopic (exact) mass is 341 g/mol. The summed E-state index contributed by atoms with van der Waals surface area (Å²) in [6.45, 7) is 1.47. The number of pyridine rings is 1. The molecule has 0 bridgehead atoms. The summed E-state index contributed by atoms with van der Waals surface area (Å²) in [4.78, 5) is 28.4. The van der Waals surface area contributed by atoms with Gasteiger partial charge in [0.25, 0.3) is 0 Å². The fourth-order valence-electron chi connectivity index (χ4n) is 3.15. The molecule has 1 aliphatic rings. The van der Waals surface area contributed by atoms with Gasteiger partial charge in [0.15, 0.2) is 0 Å². The summed E-state index contributed by atoms with van der Waals surface area (Å²) in [5.41, 5.74) is 0.119. The molecule has 2 aromatic rings. The third kappa shape index (κ3) is 4.51. The van der Waals surface area contributed by atoms with E-state index in [1.807, 2.05) is 17.0 Å². The zero-order valence-electron chi connectivity index (χ0n) is 14.4. The highest BCUT2D eigenvalue weighted by molar-refractivity contribution is 5.76. The average molecular weight is 341 g/mol. The molecule has 0 spiro atoms. The zero-order chi connectivity index (χ0) is 17.7. The summed E-state index contributed by atoms with van der Waals surface area (Å²) in [6, 6.07) is 3.83. The van der Waals surface area contributed by atoms with Gasteiger partial charge in [-0.1, -0.05) is 6.07 Å². The number of aliphatic hydroxyl groups is 1. The Bertz CT molecular complexity index is 697. The first kappa shape index (κ1) is 17.3. The lowest BCUT2D eigenvalue weighted by molar-refractivity contribution is -0.132. The SMILES string of the molecule is CN(CC1(O)CCN(c2cnccn2)C1)C(=O)CCc1cccnc1. The molecule has 0 aliphatic carbocycles. The summed E-state index contributed by atoms with van der Waals surface area (Å²) in [5.74, 6) is 0.777. The Morgan fingerprint density at radius 2 is 2.16 bits per heavy atom. The van der Waals surface area contributed by atoms with E-state index in [-0.39, 0.29) is 5.91 Å². The van der Waals surface area contributed by atoms with Gasteiger partial charge in [-0.05, 0) is 24.5 Å². The molecule has 1 unspecified atom stereocenters. The van der Waals surface area contributed by atoms with Gasteiger partial charge < -0.3 is 14.9 Å². The molecule has 3 heterocycles. The average Bonchev–Trinajstić information content (AvgIpc) is 3.03. The Labute approximate surface area is 147 Å². The van der Waals surface area contributed by atoms with Gasteiger partial charge in [0, 0.05) is 51.3 Å². The van der Waals surface area contributed by atoms with E-state index in [9.17, 15) is 9.90 Å². The van der Waals surface area contributed by atoms with E-state index in [0.29, 0.717) is 38.9 Å². The highest BCUT2D eigenvalue weighted by Crippen LogP contribution is 2.25. The summed E-state index contributed by atoms with van der Waals surface area (Å²) >= 11 is 0. The third-order valence-corrected chi connectivity index (χ3v) is 4.51. The largest absolute Gasteiger partial charge is 0.386 e. The van der Waals surface area contributed by atoms with Crippen LogP contribution in [0.1, 0.15) is 18.4 Å². The molecule has 132 valence electrons.